The number of amides is 1. The first-order valence-corrected chi connectivity index (χ1v) is 12.0. The number of hydrogen-bond donors (Lipinski definition) is 1. The molecule has 3 aromatic heterocycles. The summed E-state index contributed by atoms with van der Waals surface area (Å²) in [6.45, 7) is 8.32. The van der Waals surface area contributed by atoms with E-state index in [1.54, 1.807) is 23.7 Å². The third-order valence-corrected chi connectivity index (χ3v) is 6.91. The molecule has 0 spiro atoms. The van der Waals surface area contributed by atoms with E-state index in [1.807, 2.05) is 35.1 Å². The predicted octanol–water partition coefficient (Wildman–Crippen LogP) is 5.40. The third kappa shape index (κ3) is 4.87. The lowest BCUT2D eigenvalue weighted by molar-refractivity contribution is -0.119. The minimum atomic E-state index is -0.182. The fourth-order valence-corrected chi connectivity index (χ4v) is 4.93. The van der Waals surface area contributed by atoms with Crippen molar-refractivity contribution >= 4 is 29.0 Å². The molecule has 1 amide bonds. The largest absolute Gasteiger partial charge is 0.469 e. The van der Waals surface area contributed by atoms with Crippen LogP contribution >= 0.6 is 23.1 Å². The summed E-state index contributed by atoms with van der Waals surface area (Å²) in [6, 6.07) is 14.0. The molecule has 0 bridgehead atoms. The number of thioether (sulfide) groups is 1. The van der Waals surface area contributed by atoms with Crippen molar-refractivity contribution in [1.82, 2.24) is 20.1 Å². The van der Waals surface area contributed by atoms with Crippen LogP contribution in [0, 0.1) is 13.8 Å². The minimum Gasteiger partial charge on any atom is -0.469 e. The zero-order valence-electron chi connectivity index (χ0n) is 17.9. The summed E-state index contributed by atoms with van der Waals surface area (Å²) in [6.07, 6.45) is 3.42. The average Bonchev–Trinajstić information content (AvgIpc) is 3.53. The van der Waals surface area contributed by atoms with E-state index in [2.05, 4.69) is 53.3 Å². The number of carbonyl (C=O) groups is 1. The van der Waals surface area contributed by atoms with Gasteiger partial charge in [-0.15, -0.1) is 28.1 Å². The number of nitrogens with zero attached hydrogens (tertiary/aromatic N) is 3. The summed E-state index contributed by atoms with van der Waals surface area (Å²) < 4.78 is 7.36. The molecule has 4 aromatic rings. The topological polar surface area (TPSA) is 73.0 Å². The Morgan fingerprint density at radius 3 is 2.72 bits per heavy atom. The number of aryl methyl sites for hydroxylation is 2. The van der Waals surface area contributed by atoms with Crippen LogP contribution in [0.5, 0.6) is 0 Å². The maximum atomic E-state index is 12.9. The monoisotopic (exact) mass is 464 g/mol. The van der Waals surface area contributed by atoms with Crippen LogP contribution in [0.4, 0.5) is 0 Å². The molecule has 164 valence electrons. The molecule has 32 heavy (non-hydrogen) atoms. The summed E-state index contributed by atoms with van der Waals surface area (Å²) in [5.74, 6) is 1.64. The quantitative estimate of drug-likeness (QED) is 0.265. The molecule has 1 atom stereocenters. The number of allylic oxidation sites excluding steroid dienone is 1. The minimum absolute atomic E-state index is 0.0665. The number of furan rings is 1. The summed E-state index contributed by atoms with van der Waals surface area (Å²) in [4.78, 5) is 14.0. The van der Waals surface area contributed by atoms with Crippen LogP contribution < -0.4 is 5.32 Å². The lowest BCUT2D eigenvalue weighted by Crippen LogP contribution is -2.30. The van der Waals surface area contributed by atoms with Crippen LogP contribution in [0.1, 0.15) is 27.8 Å². The molecule has 0 fully saturated rings. The van der Waals surface area contributed by atoms with Gasteiger partial charge in [-0.1, -0.05) is 53.7 Å². The highest BCUT2D eigenvalue weighted by Crippen LogP contribution is 2.29. The Balaban J connectivity index is 1.49. The molecule has 0 aliphatic rings. The first-order valence-electron chi connectivity index (χ1n) is 10.2. The number of hydrogen-bond acceptors (Lipinski definition) is 6. The lowest BCUT2D eigenvalue weighted by atomic mass is 10.0. The van der Waals surface area contributed by atoms with Crippen LogP contribution in [-0.4, -0.2) is 26.4 Å². The molecule has 3 heterocycles. The van der Waals surface area contributed by atoms with Gasteiger partial charge >= 0.3 is 0 Å². The number of rotatable bonds is 9. The van der Waals surface area contributed by atoms with E-state index in [9.17, 15) is 4.79 Å². The summed E-state index contributed by atoms with van der Waals surface area (Å²) in [5, 5.41) is 14.5. The van der Waals surface area contributed by atoms with Gasteiger partial charge in [-0.25, -0.2) is 0 Å². The third-order valence-electron chi connectivity index (χ3n) is 5.00. The fraction of sp³-hybridized carbons (Fsp3) is 0.208. The van der Waals surface area contributed by atoms with Crippen molar-refractivity contribution in [2.45, 2.75) is 31.6 Å². The van der Waals surface area contributed by atoms with Crippen LogP contribution in [0.25, 0.3) is 11.4 Å². The standard InChI is InChI=1S/C24H24N4O2S2/c1-4-12-28-23(19-11-13-30-17(19)3)26-27-24(28)32-15-21(29)25-22(20-6-5-14-31-20)18-9-7-16(2)8-10-18/h4-11,13-14,22H,1,12,15H2,2-3H3,(H,25,29). The molecule has 0 saturated heterocycles. The number of aromatic nitrogens is 3. The van der Waals surface area contributed by atoms with Crippen molar-refractivity contribution in [3.8, 4) is 11.4 Å². The molecule has 8 heteroatoms. The Morgan fingerprint density at radius 1 is 1.25 bits per heavy atom. The summed E-state index contributed by atoms with van der Waals surface area (Å²) >= 11 is 2.99. The van der Waals surface area contributed by atoms with E-state index in [4.69, 9.17) is 4.42 Å². The Labute approximate surface area is 195 Å². The van der Waals surface area contributed by atoms with E-state index in [1.165, 1.54) is 17.3 Å². The van der Waals surface area contributed by atoms with Gasteiger partial charge in [-0.05, 0) is 36.9 Å². The van der Waals surface area contributed by atoms with Crippen molar-refractivity contribution in [2.24, 2.45) is 0 Å². The lowest BCUT2D eigenvalue weighted by Gasteiger charge is -2.18. The molecule has 0 saturated carbocycles. The number of benzene rings is 1. The van der Waals surface area contributed by atoms with Crippen molar-refractivity contribution in [2.75, 3.05) is 5.75 Å². The SMILES string of the molecule is C=CCn1c(SCC(=O)NC(c2ccc(C)cc2)c2cccs2)nnc1-c1ccoc1C. The van der Waals surface area contributed by atoms with Crippen LogP contribution in [-0.2, 0) is 11.3 Å². The summed E-state index contributed by atoms with van der Waals surface area (Å²) in [7, 11) is 0. The van der Waals surface area contributed by atoms with Gasteiger partial charge in [-0.2, -0.15) is 0 Å². The van der Waals surface area contributed by atoms with E-state index in [0.29, 0.717) is 17.5 Å². The molecule has 0 aliphatic carbocycles. The maximum Gasteiger partial charge on any atom is 0.231 e. The first kappa shape index (κ1) is 22.1. The van der Waals surface area contributed by atoms with Gasteiger partial charge in [0, 0.05) is 11.4 Å². The fourth-order valence-electron chi connectivity index (χ4n) is 3.37. The van der Waals surface area contributed by atoms with Gasteiger partial charge in [-0.3, -0.25) is 9.36 Å². The molecule has 4 rings (SSSR count). The highest BCUT2D eigenvalue weighted by Gasteiger charge is 2.20. The molecule has 6 nitrogen and oxygen atoms in total. The highest BCUT2D eigenvalue weighted by atomic mass is 32.2. The molecular weight excluding hydrogens is 440 g/mol. The second kappa shape index (κ2) is 10.0. The van der Waals surface area contributed by atoms with Crippen molar-refractivity contribution in [3.05, 3.63) is 88.5 Å². The zero-order valence-corrected chi connectivity index (χ0v) is 19.6. The Morgan fingerprint density at radius 2 is 2.06 bits per heavy atom. The van der Waals surface area contributed by atoms with Gasteiger partial charge in [0.25, 0.3) is 0 Å². The van der Waals surface area contributed by atoms with Gasteiger partial charge in [0.05, 0.1) is 23.6 Å². The Bertz CT molecular complexity index is 1190. The maximum absolute atomic E-state index is 12.9. The van der Waals surface area contributed by atoms with Gasteiger partial charge in [0.15, 0.2) is 11.0 Å². The van der Waals surface area contributed by atoms with E-state index in [-0.39, 0.29) is 17.7 Å². The average molecular weight is 465 g/mol. The molecule has 0 aliphatic heterocycles. The molecule has 1 N–H and O–H groups in total. The van der Waals surface area contributed by atoms with Gasteiger partial charge in [0.1, 0.15) is 5.76 Å². The zero-order chi connectivity index (χ0) is 22.5. The number of carbonyl (C=O) groups excluding carboxylic acids is 1. The second-order valence-electron chi connectivity index (χ2n) is 7.31. The first-order chi connectivity index (χ1) is 15.6. The Kier molecular flexibility index (Phi) is 6.92. The van der Waals surface area contributed by atoms with E-state index < -0.39 is 0 Å². The van der Waals surface area contributed by atoms with Crippen molar-refractivity contribution < 1.29 is 9.21 Å². The van der Waals surface area contributed by atoms with Crippen LogP contribution in [0.3, 0.4) is 0 Å². The predicted molar refractivity (Wildman–Crippen MR) is 129 cm³/mol. The van der Waals surface area contributed by atoms with Crippen LogP contribution in [0.2, 0.25) is 0 Å². The number of nitrogens with one attached hydrogen (secondary N) is 1. The van der Waals surface area contributed by atoms with Crippen LogP contribution in [0.15, 0.2) is 76.3 Å². The molecular formula is C24H24N4O2S2. The van der Waals surface area contributed by atoms with E-state index >= 15 is 0 Å². The highest BCUT2D eigenvalue weighted by molar-refractivity contribution is 7.99. The smallest absolute Gasteiger partial charge is 0.231 e. The summed E-state index contributed by atoms with van der Waals surface area (Å²) in [5.41, 5.74) is 3.13. The number of thiophene rings is 1. The second-order valence-corrected chi connectivity index (χ2v) is 9.23. The molecule has 1 aromatic carbocycles. The Hall–Kier alpha value is -3.10. The van der Waals surface area contributed by atoms with Gasteiger partial charge in [0.2, 0.25) is 5.91 Å². The van der Waals surface area contributed by atoms with Crippen molar-refractivity contribution in [1.29, 1.82) is 0 Å². The normalized spacial score (nSPS) is 11.9. The van der Waals surface area contributed by atoms with Crippen molar-refractivity contribution in [3.63, 3.8) is 0 Å². The van der Waals surface area contributed by atoms with Gasteiger partial charge < -0.3 is 9.73 Å². The molecule has 1 unspecified atom stereocenters. The molecule has 0 radical (unpaired) electrons. The van der Waals surface area contributed by atoms with E-state index in [0.717, 1.165) is 21.8 Å².